The first-order valence-corrected chi connectivity index (χ1v) is 8.35. The molecule has 0 aliphatic carbocycles. The SMILES string of the molecule is CC(C)Cc1ncc(CNc2ccc(N(C)CCO)cn2)s1. The minimum Gasteiger partial charge on any atom is -0.395 e. The molecule has 2 aromatic rings. The van der Waals surface area contributed by atoms with Crippen molar-refractivity contribution in [2.24, 2.45) is 5.92 Å². The molecule has 6 heteroatoms. The number of pyridine rings is 1. The van der Waals surface area contributed by atoms with Gasteiger partial charge in [-0.15, -0.1) is 11.3 Å². The normalized spacial score (nSPS) is 11.0. The van der Waals surface area contributed by atoms with Gasteiger partial charge in [0, 0.05) is 31.1 Å². The zero-order chi connectivity index (χ0) is 15.9. The molecule has 0 bridgehead atoms. The summed E-state index contributed by atoms with van der Waals surface area (Å²) in [5.41, 5.74) is 0.997. The Morgan fingerprint density at radius 1 is 1.27 bits per heavy atom. The van der Waals surface area contributed by atoms with E-state index in [0.29, 0.717) is 12.5 Å². The van der Waals surface area contributed by atoms with E-state index in [-0.39, 0.29) is 6.61 Å². The molecule has 0 atom stereocenters. The number of aliphatic hydroxyl groups excluding tert-OH is 1. The van der Waals surface area contributed by atoms with E-state index in [1.54, 1.807) is 11.3 Å². The average molecular weight is 320 g/mol. The van der Waals surface area contributed by atoms with E-state index >= 15 is 0 Å². The van der Waals surface area contributed by atoms with E-state index in [1.807, 2.05) is 36.5 Å². The second kappa shape index (κ2) is 8.10. The number of likely N-dealkylation sites (N-methyl/N-ethyl adjacent to an activating group) is 1. The fraction of sp³-hybridized carbons (Fsp3) is 0.500. The number of nitrogens with zero attached hydrogens (tertiary/aromatic N) is 3. The van der Waals surface area contributed by atoms with E-state index in [2.05, 4.69) is 29.1 Å². The van der Waals surface area contributed by atoms with Crippen LogP contribution in [0.2, 0.25) is 0 Å². The van der Waals surface area contributed by atoms with Crippen LogP contribution in [-0.2, 0) is 13.0 Å². The van der Waals surface area contributed by atoms with Crippen LogP contribution in [-0.4, -0.2) is 35.3 Å². The number of thiazole rings is 1. The molecule has 0 saturated carbocycles. The van der Waals surface area contributed by atoms with Crippen molar-refractivity contribution in [3.8, 4) is 0 Å². The molecular weight excluding hydrogens is 296 g/mol. The number of hydrogen-bond acceptors (Lipinski definition) is 6. The highest BCUT2D eigenvalue weighted by Gasteiger charge is 2.05. The van der Waals surface area contributed by atoms with Gasteiger partial charge < -0.3 is 15.3 Å². The Morgan fingerprint density at radius 3 is 2.73 bits per heavy atom. The van der Waals surface area contributed by atoms with Crippen molar-refractivity contribution in [2.45, 2.75) is 26.8 Å². The van der Waals surface area contributed by atoms with Gasteiger partial charge in [0.2, 0.25) is 0 Å². The monoisotopic (exact) mass is 320 g/mol. The average Bonchev–Trinajstić information content (AvgIpc) is 2.92. The summed E-state index contributed by atoms with van der Waals surface area (Å²) in [5.74, 6) is 1.48. The largest absolute Gasteiger partial charge is 0.395 e. The number of nitrogens with one attached hydrogen (secondary N) is 1. The molecule has 5 nitrogen and oxygen atoms in total. The molecule has 0 amide bonds. The summed E-state index contributed by atoms with van der Waals surface area (Å²) in [6, 6.07) is 3.96. The first kappa shape index (κ1) is 16.7. The van der Waals surface area contributed by atoms with Crippen LogP contribution in [0.15, 0.2) is 24.5 Å². The molecule has 0 radical (unpaired) electrons. The number of aliphatic hydroxyl groups is 1. The Hall–Kier alpha value is -1.66. The lowest BCUT2D eigenvalue weighted by Crippen LogP contribution is -2.21. The van der Waals surface area contributed by atoms with Gasteiger partial charge in [0.15, 0.2) is 0 Å². The molecule has 0 aliphatic heterocycles. The minimum absolute atomic E-state index is 0.139. The molecule has 0 unspecified atom stereocenters. The van der Waals surface area contributed by atoms with Crippen LogP contribution < -0.4 is 10.2 Å². The number of hydrogen-bond donors (Lipinski definition) is 2. The van der Waals surface area contributed by atoms with Crippen LogP contribution in [0.1, 0.15) is 23.7 Å². The lowest BCUT2D eigenvalue weighted by Gasteiger charge is -2.17. The summed E-state index contributed by atoms with van der Waals surface area (Å²) in [7, 11) is 1.94. The zero-order valence-corrected chi connectivity index (χ0v) is 14.2. The van der Waals surface area contributed by atoms with E-state index in [9.17, 15) is 0 Å². The van der Waals surface area contributed by atoms with Crippen molar-refractivity contribution in [1.29, 1.82) is 0 Å². The highest BCUT2D eigenvalue weighted by Crippen LogP contribution is 2.18. The maximum Gasteiger partial charge on any atom is 0.126 e. The van der Waals surface area contributed by atoms with Crippen molar-refractivity contribution >= 4 is 22.8 Å². The van der Waals surface area contributed by atoms with E-state index in [1.165, 1.54) is 9.88 Å². The number of anilines is 2. The van der Waals surface area contributed by atoms with Crippen molar-refractivity contribution < 1.29 is 5.11 Å². The lowest BCUT2D eigenvalue weighted by molar-refractivity contribution is 0.304. The molecule has 0 aliphatic rings. The van der Waals surface area contributed by atoms with Crippen molar-refractivity contribution in [3.63, 3.8) is 0 Å². The van der Waals surface area contributed by atoms with Crippen molar-refractivity contribution in [1.82, 2.24) is 9.97 Å². The summed E-state index contributed by atoms with van der Waals surface area (Å²) >= 11 is 1.76. The molecule has 2 N–H and O–H groups in total. The second-order valence-electron chi connectivity index (χ2n) is 5.72. The van der Waals surface area contributed by atoms with Crippen molar-refractivity contribution in [3.05, 3.63) is 34.4 Å². The van der Waals surface area contributed by atoms with E-state index in [4.69, 9.17) is 5.11 Å². The van der Waals surface area contributed by atoms with Gasteiger partial charge >= 0.3 is 0 Å². The fourth-order valence-corrected chi connectivity index (χ4v) is 3.12. The van der Waals surface area contributed by atoms with Gasteiger partial charge in [-0.2, -0.15) is 0 Å². The predicted octanol–water partition coefficient (Wildman–Crippen LogP) is 2.78. The Bertz CT molecular complexity index is 568. The van der Waals surface area contributed by atoms with Crippen LogP contribution >= 0.6 is 11.3 Å². The van der Waals surface area contributed by atoms with Crippen LogP contribution in [0.4, 0.5) is 11.5 Å². The summed E-state index contributed by atoms with van der Waals surface area (Å²) in [6.45, 7) is 5.90. The Balaban J connectivity index is 1.87. The summed E-state index contributed by atoms with van der Waals surface area (Å²) < 4.78 is 0. The van der Waals surface area contributed by atoms with Gasteiger partial charge in [0.1, 0.15) is 5.82 Å². The third-order valence-electron chi connectivity index (χ3n) is 3.25. The van der Waals surface area contributed by atoms with Gasteiger partial charge in [0.25, 0.3) is 0 Å². The van der Waals surface area contributed by atoms with E-state index < -0.39 is 0 Å². The maximum absolute atomic E-state index is 8.94. The fourth-order valence-electron chi connectivity index (χ4n) is 2.05. The maximum atomic E-state index is 8.94. The van der Waals surface area contributed by atoms with Gasteiger partial charge in [-0.25, -0.2) is 9.97 Å². The zero-order valence-electron chi connectivity index (χ0n) is 13.4. The van der Waals surface area contributed by atoms with Gasteiger partial charge in [-0.05, 0) is 18.1 Å². The van der Waals surface area contributed by atoms with Gasteiger partial charge in [-0.3, -0.25) is 0 Å². The van der Waals surface area contributed by atoms with Crippen LogP contribution in [0.3, 0.4) is 0 Å². The summed E-state index contributed by atoms with van der Waals surface area (Å²) in [4.78, 5) is 12.0. The number of rotatable bonds is 8. The Kier molecular flexibility index (Phi) is 6.15. The molecule has 120 valence electrons. The molecule has 0 saturated heterocycles. The van der Waals surface area contributed by atoms with Gasteiger partial charge in [0.05, 0.1) is 30.0 Å². The molecule has 0 spiro atoms. The van der Waals surface area contributed by atoms with Gasteiger partial charge in [-0.1, -0.05) is 13.8 Å². The smallest absolute Gasteiger partial charge is 0.126 e. The summed E-state index contributed by atoms with van der Waals surface area (Å²) in [6.07, 6.45) is 4.79. The first-order chi connectivity index (χ1) is 10.6. The molecule has 2 heterocycles. The standard InChI is InChI=1S/C16H24N4OS/c1-12(2)8-16-19-11-14(22-16)10-18-15-5-4-13(9-17-15)20(3)6-7-21/h4-5,9,11-12,21H,6-8,10H2,1-3H3,(H,17,18). The number of aromatic nitrogens is 2. The summed E-state index contributed by atoms with van der Waals surface area (Å²) in [5, 5.41) is 13.5. The minimum atomic E-state index is 0.139. The lowest BCUT2D eigenvalue weighted by atomic mass is 10.1. The predicted molar refractivity (Wildman–Crippen MR) is 92.6 cm³/mol. The second-order valence-corrected chi connectivity index (χ2v) is 6.92. The van der Waals surface area contributed by atoms with Crippen molar-refractivity contribution in [2.75, 3.05) is 30.4 Å². The Labute approximate surface area is 136 Å². The van der Waals surface area contributed by atoms with E-state index in [0.717, 1.165) is 24.5 Å². The molecule has 2 rings (SSSR count). The molecule has 0 aromatic carbocycles. The van der Waals surface area contributed by atoms with Crippen LogP contribution in [0.25, 0.3) is 0 Å². The quantitative estimate of drug-likeness (QED) is 0.783. The topological polar surface area (TPSA) is 61.3 Å². The van der Waals surface area contributed by atoms with Crippen LogP contribution in [0, 0.1) is 5.92 Å². The molecular formula is C16H24N4OS. The highest BCUT2D eigenvalue weighted by atomic mass is 32.1. The first-order valence-electron chi connectivity index (χ1n) is 7.54. The molecule has 22 heavy (non-hydrogen) atoms. The Morgan fingerprint density at radius 2 is 2.09 bits per heavy atom. The highest BCUT2D eigenvalue weighted by molar-refractivity contribution is 7.11. The van der Waals surface area contributed by atoms with Crippen LogP contribution in [0.5, 0.6) is 0 Å². The molecule has 2 aromatic heterocycles. The molecule has 0 fully saturated rings. The third-order valence-corrected chi connectivity index (χ3v) is 4.27. The third kappa shape index (κ3) is 4.96.